The smallest absolute Gasteiger partial charge is 0.236 e. The minimum Gasteiger partial charge on any atom is -0.342 e. The van der Waals surface area contributed by atoms with Crippen molar-refractivity contribution in [1.29, 1.82) is 0 Å². The Labute approximate surface area is 129 Å². The highest BCUT2D eigenvalue weighted by molar-refractivity contribution is 7.99. The Morgan fingerprint density at radius 3 is 2.50 bits per heavy atom. The number of carbonyl (C=O) groups excluding carboxylic acids is 1. The van der Waals surface area contributed by atoms with E-state index in [1.807, 2.05) is 4.90 Å². The molecular formula is C16H32N2OS. The fourth-order valence-corrected chi connectivity index (χ4v) is 4.01. The molecule has 1 aliphatic heterocycles. The SMILES string of the molecule is CCCN(CCC)C(=O)CN1CCCC[C@@H](SCC)C1. The Hall–Kier alpha value is -0.220. The predicted octanol–water partition coefficient (Wildman–Crippen LogP) is 3.24. The van der Waals surface area contributed by atoms with E-state index in [1.54, 1.807) is 0 Å². The highest BCUT2D eigenvalue weighted by Gasteiger charge is 2.21. The van der Waals surface area contributed by atoms with Crippen LogP contribution in [0, 0.1) is 0 Å². The fraction of sp³-hybridized carbons (Fsp3) is 0.938. The van der Waals surface area contributed by atoms with E-state index in [1.165, 1.54) is 25.0 Å². The number of carbonyl (C=O) groups is 1. The normalized spacial score (nSPS) is 20.6. The van der Waals surface area contributed by atoms with E-state index in [0.29, 0.717) is 12.5 Å². The van der Waals surface area contributed by atoms with Crippen molar-refractivity contribution in [2.24, 2.45) is 0 Å². The van der Waals surface area contributed by atoms with Crippen molar-refractivity contribution < 1.29 is 4.79 Å². The predicted molar refractivity (Wildman–Crippen MR) is 89.4 cm³/mol. The molecular weight excluding hydrogens is 268 g/mol. The quantitative estimate of drug-likeness (QED) is 0.687. The lowest BCUT2D eigenvalue weighted by Crippen LogP contribution is -2.42. The standard InChI is InChI=1S/C16H32N2OS/c1-4-10-18(11-5-2)16(19)14-17-12-8-7-9-15(13-17)20-6-3/h15H,4-14H2,1-3H3/t15-/m1/s1. The van der Waals surface area contributed by atoms with Gasteiger partial charge in [-0.25, -0.2) is 0 Å². The van der Waals surface area contributed by atoms with E-state index in [2.05, 4.69) is 37.4 Å². The Kier molecular flexibility index (Phi) is 9.36. The Bertz CT molecular complexity index is 267. The summed E-state index contributed by atoms with van der Waals surface area (Å²) < 4.78 is 0. The number of thioether (sulfide) groups is 1. The average Bonchev–Trinajstić information content (AvgIpc) is 2.64. The summed E-state index contributed by atoms with van der Waals surface area (Å²) in [6.07, 6.45) is 5.99. The second-order valence-electron chi connectivity index (χ2n) is 5.69. The Morgan fingerprint density at radius 1 is 1.20 bits per heavy atom. The van der Waals surface area contributed by atoms with Gasteiger partial charge in [0.2, 0.25) is 5.91 Å². The van der Waals surface area contributed by atoms with Crippen LogP contribution in [0.25, 0.3) is 0 Å². The fourth-order valence-electron chi connectivity index (χ4n) is 2.89. The third kappa shape index (κ3) is 6.49. The highest BCUT2D eigenvalue weighted by Crippen LogP contribution is 2.21. The van der Waals surface area contributed by atoms with E-state index in [4.69, 9.17) is 0 Å². The van der Waals surface area contributed by atoms with E-state index >= 15 is 0 Å². The molecule has 0 bridgehead atoms. The molecule has 0 aromatic rings. The molecule has 0 aliphatic carbocycles. The lowest BCUT2D eigenvalue weighted by Gasteiger charge is -2.27. The molecule has 0 radical (unpaired) electrons. The Morgan fingerprint density at radius 2 is 1.90 bits per heavy atom. The first-order chi connectivity index (χ1) is 9.71. The molecule has 0 saturated carbocycles. The van der Waals surface area contributed by atoms with Gasteiger partial charge >= 0.3 is 0 Å². The van der Waals surface area contributed by atoms with E-state index in [9.17, 15) is 4.79 Å². The molecule has 4 heteroatoms. The second kappa shape index (κ2) is 10.5. The van der Waals surface area contributed by atoms with Crippen molar-refractivity contribution in [3.8, 4) is 0 Å². The van der Waals surface area contributed by atoms with Crippen LogP contribution >= 0.6 is 11.8 Å². The molecule has 0 aromatic heterocycles. The molecule has 1 atom stereocenters. The van der Waals surface area contributed by atoms with Crippen LogP contribution in [-0.2, 0) is 4.79 Å². The summed E-state index contributed by atoms with van der Waals surface area (Å²) in [6.45, 7) is 11.2. The summed E-state index contributed by atoms with van der Waals surface area (Å²) in [7, 11) is 0. The monoisotopic (exact) mass is 300 g/mol. The summed E-state index contributed by atoms with van der Waals surface area (Å²) in [5.41, 5.74) is 0. The topological polar surface area (TPSA) is 23.6 Å². The summed E-state index contributed by atoms with van der Waals surface area (Å²) in [5.74, 6) is 1.51. The molecule has 1 amide bonds. The Balaban J connectivity index is 2.48. The first-order valence-electron chi connectivity index (χ1n) is 8.32. The summed E-state index contributed by atoms with van der Waals surface area (Å²) >= 11 is 2.06. The average molecular weight is 301 g/mol. The zero-order chi connectivity index (χ0) is 14.8. The first kappa shape index (κ1) is 17.8. The highest BCUT2D eigenvalue weighted by atomic mass is 32.2. The molecule has 20 heavy (non-hydrogen) atoms. The molecule has 0 N–H and O–H groups in total. The van der Waals surface area contributed by atoms with Crippen LogP contribution in [0.4, 0.5) is 0 Å². The van der Waals surface area contributed by atoms with Crippen LogP contribution in [0.2, 0.25) is 0 Å². The van der Waals surface area contributed by atoms with Crippen LogP contribution < -0.4 is 0 Å². The molecule has 1 heterocycles. The van der Waals surface area contributed by atoms with Crippen LogP contribution in [-0.4, -0.2) is 59.4 Å². The van der Waals surface area contributed by atoms with Crippen molar-refractivity contribution in [3.63, 3.8) is 0 Å². The third-order valence-corrected chi connectivity index (χ3v) is 5.00. The molecule has 0 unspecified atom stereocenters. The summed E-state index contributed by atoms with van der Waals surface area (Å²) in [5, 5.41) is 0.723. The number of rotatable bonds is 8. The summed E-state index contributed by atoms with van der Waals surface area (Å²) in [4.78, 5) is 16.9. The van der Waals surface area contributed by atoms with Crippen LogP contribution in [0.5, 0.6) is 0 Å². The van der Waals surface area contributed by atoms with Crippen molar-refractivity contribution in [2.45, 2.75) is 58.1 Å². The minimum atomic E-state index is 0.329. The van der Waals surface area contributed by atoms with Crippen molar-refractivity contribution in [1.82, 2.24) is 9.80 Å². The lowest BCUT2D eigenvalue weighted by atomic mass is 10.2. The number of hydrogen-bond donors (Lipinski definition) is 0. The van der Waals surface area contributed by atoms with Crippen molar-refractivity contribution >= 4 is 17.7 Å². The molecule has 3 nitrogen and oxygen atoms in total. The zero-order valence-corrected chi connectivity index (χ0v) is 14.4. The number of hydrogen-bond acceptors (Lipinski definition) is 3. The van der Waals surface area contributed by atoms with Gasteiger partial charge < -0.3 is 4.90 Å². The number of amides is 1. The lowest BCUT2D eigenvalue weighted by molar-refractivity contribution is -0.132. The van der Waals surface area contributed by atoms with Gasteiger partial charge in [0.25, 0.3) is 0 Å². The number of likely N-dealkylation sites (tertiary alicyclic amines) is 1. The molecule has 118 valence electrons. The molecule has 1 saturated heterocycles. The van der Waals surface area contributed by atoms with Gasteiger partial charge in [-0.3, -0.25) is 9.69 Å². The van der Waals surface area contributed by atoms with Gasteiger partial charge in [0.1, 0.15) is 0 Å². The first-order valence-corrected chi connectivity index (χ1v) is 9.37. The molecule has 1 fully saturated rings. The van der Waals surface area contributed by atoms with Gasteiger partial charge in [0, 0.05) is 24.9 Å². The maximum Gasteiger partial charge on any atom is 0.236 e. The van der Waals surface area contributed by atoms with Gasteiger partial charge in [-0.15, -0.1) is 0 Å². The van der Waals surface area contributed by atoms with Crippen LogP contribution in [0.15, 0.2) is 0 Å². The maximum atomic E-state index is 12.4. The molecule has 0 spiro atoms. The van der Waals surface area contributed by atoms with Crippen LogP contribution in [0.3, 0.4) is 0 Å². The van der Waals surface area contributed by atoms with Crippen LogP contribution in [0.1, 0.15) is 52.9 Å². The van der Waals surface area contributed by atoms with Gasteiger partial charge in [-0.2, -0.15) is 11.8 Å². The van der Waals surface area contributed by atoms with E-state index in [0.717, 1.165) is 44.3 Å². The molecule has 1 rings (SSSR count). The second-order valence-corrected chi connectivity index (χ2v) is 7.27. The van der Waals surface area contributed by atoms with Gasteiger partial charge in [0.15, 0.2) is 0 Å². The summed E-state index contributed by atoms with van der Waals surface area (Å²) in [6, 6.07) is 0. The van der Waals surface area contributed by atoms with Crippen molar-refractivity contribution in [3.05, 3.63) is 0 Å². The van der Waals surface area contributed by atoms with Gasteiger partial charge in [-0.05, 0) is 38.0 Å². The molecule has 1 aliphatic rings. The van der Waals surface area contributed by atoms with Gasteiger partial charge in [-0.1, -0.05) is 27.2 Å². The minimum absolute atomic E-state index is 0.329. The largest absolute Gasteiger partial charge is 0.342 e. The van der Waals surface area contributed by atoms with Crippen molar-refractivity contribution in [2.75, 3.05) is 38.5 Å². The van der Waals surface area contributed by atoms with E-state index < -0.39 is 0 Å². The third-order valence-electron chi connectivity index (χ3n) is 3.81. The molecule has 0 aromatic carbocycles. The maximum absolute atomic E-state index is 12.4. The number of nitrogens with zero attached hydrogens (tertiary/aromatic N) is 2. The van der Waals surface area contributed by atoms with Gasteiger partial charge in [0.05, 0.1) is 6.54 Å². The van der Waals surface area contributed by atoms with E-state index in [-0.39, 0.29) is 0 Å². The zero-order valence-electron chi connectivity index (χ0n) is 13.6.